The van der Waals surface area contributed by atoms with Crippen LogP contribution in [0.4, 0.5) is 4.79 Å². The Morgan fingerprint density at radius 1 is 1.16 bits per heavy atom. The van der Waals surface area contributed by atoms with Crippen molar-refractivity contribution in [3.8, 4) is 0 Å². The van der Waals surface area contributed by atoms with Crippen molar-refractivity contribution in [2.45, 2.75) is 58.2 Å². The van der Waals surface area contributed by atoms with Crippen molar-refractivity contribution >= 4 is 23.9 Å². The highest BCUT2D eigenvalue weighted by molar-refractivity contribution is 5.90. The summed E-state index contributed by atoms with van der Waals surface area (Å²) in [6.45, 7) is 6.29. The second-order valence-corrected chi connectivity index (χ2v) is 6.47. The maximum atomic E-state index is 12.2. The van der Waals surface area contributed by atoms with Gasteiger partial charge in [-0.05, 0) is 47.1 Å². The lowest BCUT2D eigenvalue weighted by Crippen LogP contribution is -2.51. The number of carboxylic acid groups (broad SMARTS) is 1. The number of nitrogens with two attached hydrogens (primary N) is 1. The number of amides is 3. The molecule has 10 heteroatoms. The molecule has 0 bridgehead atoms. The predicted molar refractivity (Wildman–Crippen MR) is 89.7 cm³/mol. The van der Waals surface area contributed by atoms with E-state index in [0.717, 1.165) is 0 Å². The van der Waals surface area contributed by atoms with Gasteiger partial charge in [-0.2, -0.15) is 0 Å². The quantitative estimate of drug-likeness (QED) is 0.364. The molecule has 0 aromatic rings. The molecular weight excluding hydrogens is 332 g/mol. The minimum Gasteiger partial charge on any atom is -0.480 e. The Labute approximate surface area is 146 Å². The van der Waals surface area contributed by atoms with Crippen LogP contribution in [0.15, 0.2) is 0 Å². The van der Waals surface area contributed by atoms with Gasteiger partial charge in [0, 0.05) is 0 Å². The number of alkyl carbamates (subject to hydrolysis) is 1. The second-order valence-electron chi connectivity index (χ2n) is 6.47. The first kappa shape index (κ1) is 22.6. The molecule has 0 rings (SSSR count). The molecule has 0 aromatic heterocycles. The molecule has 0 heterocycles. The SMILES string of the molecule is CC(NC(=O)CNC(=O)C(CCCN)NC(=O)OC(C)(C)C)C(=O)O. The Bertz CT molecular complexity index is 489. The number of carbonyl (C=O) groups excluding carboxylic acids is 3. The molecule has 0 aliphatic rings. The molecule has 0 saturated carbocycles. The molecule has 144 valence electrons. The van der Waals surface area contributed by atoms with Crippen LogP contribution in [0.3, 0.4) is 0 Å². The smallest absolute Gasteiger partial charge is 0.408 e. The van der Waals surface area contributed by atoms with Crippen molar-refractivity contribution < 1.29 is 29.0 Å². The number of ether oxygens (including phenoxy) is 1. The zero-order valence-electron chi connectivity index (χ0n) is 15.0. The molecule has 0 saturated heterocycles. The van der Waals surface area contributed by atoms with Crippen LogP contribution in [-0.4, -0.2) is 59.8 Å². The summed E-state index contributed by atoms with van der Waals surface area (Å²) in [6.07, 6.45) is -0.00109. The van der Waals surface area contributed by atoms with E-state index in [9.17, 15) is 19.2 Å². The third kappa shape index (κ3) is 10.9. The average Bonchev–Trinajstić information content (AvgIpc) is 2.46. The van der Waals surface area contributed by atoms with E-state index in [1.165, 1.54) is 6.92 Å². The van der Waals surface area contributed by atoms with Crippen LogP contribution in [-0.2, 0) is 19.1 Å². The lowest BCUT2D eigenvalue weighted by Gasteiger charge is -2.23. The zero-order valence-corrected chi connectivity index (χ0v) is 15.0. The van der Waals surface area contributed by atoms with Crippen molar-refractivity contribution in [2.24, 2.45) is 5.73 Å². The maximum absolute atomic E-state index is 12.2. The predicted octanol–water partition coefficient (Wildman–Crippen LogP) is -0.676. The van der Waals surface area contributed by atoms with Gasteiger partial charge in [0.25, 0.3) is 0 Å². The van der Waals surface area contributed by atoms with Crippen LogP contribution in [0.1, 0.15) is 40.5 Å². The topological polar surface area (TPSA) is 160 Å². The van der Waals surface area contributed by atoms with E-state index in [0.29, 0.717) is 13.0 Å². The van der Waals surface area contributed by atoms with E-state index < -0.39 is 48.1 Å². The molecule has 2 atom stereocenters. The summed E-state index contributed by atoms with van der Waals surface area (Å²) >= 11 is 0. The Morgan fingerprint density at radius 2 is 1.76 bits per heavy atom. The van der Waals surface area contributed by atoms with Crippen LogP contribution in [0, 0.1) is 0 Å². The number of rotatable bonds is 9. The maximum Gasteiger partial charge on any atom is 0.408 e. The summed E-state index contributed by atoms with van der Waals surface area (Å²) in [7, 11) is 0. The van der Waals surface area contributed by atoms with Gasteiger partial charge in [0.1, 0.15) is 17.7 Å². The molecule has 0 aliphatic heterocycles. The highest BCUT2D eigenvalue weighted by Gasteiger charge is 2.24. The fourth-order valence-electron chi connectivity index (χ4n) is 1.69. The summed E-state index contributed by atoms with van der Waals surface area (Å²) < 4.78 is 5.10. The van der Waals surface area contributed by atoms with Gasteiger partial charge in [-0.1, -0.05) is 0 Å². The standard InChI is InChI=1S/C15H28N4O6/c1-9(13(22)23)18-11(20)8-17-12(21)10(6-5-7-16)19-14(24)25-15(2,3)4/h9-10H,5-8,16H2,1-4H3,(H,17,21)(H,18,20)(H,19,24)(H,22,23). The van der Waals surface area contributed by atoms with Gasteiger partial charge in [0.15, 0.2) is 0 Å². The normalized spacial score (nSPS) is 13.3. The molecule has 0 aromatic carbocycles. The van der Waals surface area contributed by atoms with Gasteiger partial charge in [0.2, 0.25) is 11.8 Å². The lowest BCUT2D eigenvalue weighted by molar-refractivity contribution is -0.141. The minimum absolute atomic E-state index is 0.273. The highest BCUT2D eigenvalue weighted by atomic mass is 16.6. The fraction of sp³-hybridized carbons (Fsp3) is 0.733. The van der Waals surface area contributed by atoms with E-state index in [2.05, 4.69) is 16.0 Å². The first-order chi connectivity index (χ1) is 11.5. The summed E-state index contributed by atoms with van der Waals surface area (Å²) in [6, 6.07) is -1.99. The number of hydrogen-bond acceptors (Lipinski definition) is 6. The number of aliphatic carboxylic acids is 1. The Morgan fingerprint density at radius 3 is 2.24 bits per heavy atom. The van der Waals surface area contributed by atoms with E-state index in [-0.39, 0.29) is 6.42 Å². The fourth-order valence-corrected chi connectivity index (χ4v) is 1.69. The van der Waals surface area contributed by atoms with Crippen LogP contribution >= 0.6 is 0 Å². The summed E-state index contributed by atoms with van der Waals surface area (Å²) in [4.78, 5) is 46.2. The molecule has 10 nitrogen and oxygen atoms in total. The summed E-state index contributed by atoms with van der Waals surface area (Å²) in [5.74, 6) is -2.43. The first-order valence-electron chi connectivity index (χ1n) is 7.95. The van der Waals surface area contributed by atoms with Gasteiger partial charge in [-0.15, -0.1) is 0 Å². The van der Waals surface area contributed by atoms with Crippen LogP contribution in [0.25, 0.3) is 0 Å². The molecular formula is C15H28N4O6. The number of hydrogen-bond donors (Lipinski definition) is 5. The Kier molecular flexibility index (Phi) is 9.50. The molecule has 2 unspecified atom stereocenters. The van der Waals surface area contributed by atoms with Crippen LogP contribution < -0.4 is 21.7 Å². The third-order valence-corrected chi connectivity index (χ3v) is 2.88. The molecule has 0 spiro atoms. The molecule has 0 aliphatic carbocycles. The number of carboxylic acids is 1. The number of nitrogens with one attached hydrogen (secondary N) is 3. The van der Waals surface area contributed by atoms with Crippen molar-refractivity contribution in [3.63, 3.8) is 0 Å². The highest BCUT2D eigenvalue weighted by Crippen LogP contribution is 2.07. The molecule has 6 N–H and O–H groups in total. The summed E-state index contributed by atoms with van der Waals surface area (Å²) in [5.41, 5.74) is 4.70. The summed E-state index contributed by atoms with van der Waals surface area (Å²) in [5, 5.41) is 15.7. The zero-order chi connectivity index (χ0) is 19.6. The van der Waals surface area contributed by atoms with Crippen molar-refractivity contribution in [3.05, 3.63) is 0 Å². The Balaban J connectivity index is 4.60. The van der Waals surface area contributed by atoms with Gasteiger partial charge in [-0.3, -0.25) is 14.4 Å². The van der Waals surface area contributed by atoms with Gasteiger partial charge in [0.05, 0.1) is 6.54 Å². The molecule has 0 fully saturated rings. The van der Waals surface area contributed by atoms with Gasteiger partial charge in [-0.25, -0.2) is 4.79 Å². The molecule has 25 heavy (non-hydrogen) atoms. The van der Waals surface area contributed by atoms with Crippen molar-refractivity contribution in [1.29, 1.82) is 0 Å². The lowest BCUT2D eigenvalue weighted by atomic mass is 10.1. The minimum atomic E-state index is -1.19. The largest absolute Gasteiger partial charge is 0.480 e. The van der Waals surface area contributed by atoms with Crippen LogP contribution in [0.5, 0.6) is 0 Å². The van der Waals surface area contributed by atoms with E-state index in [1.54, 1.807) is 20.8 Å². The molecule has 3 amide bonds. The third-order valence-electron chi connectivity index (χ3n) is 2.88. The monoisotopic (exact) mass is 360 g/mol. The van der Waals surface area contributed by atoms with Crippen molar-refractivity contribution in [2.75, 3.05) is 13.1 Å². The number of carbonyl (C=O) groups is 4. The van der Waals surface area contributed by atoms with E-state index in [4.69, 9.17) is 15.6 Å². The van der Waals surface area contributed by atoms with Gasteiger partial charge >= 0.3 is 12.1 Å². The van der Waals surface area contributed by atoms with E-state index >= 15 is 0 Å². The first-order valence-corrected chi connectivity index (χ1v) is 7.95. The molecule has 0 radical (unpaired) electrons. The van der Waals surface area contributed by atoms with Crippen LogP contribution in [0.2, 0.25) is 0 Å². The van der Waals surface area contributed by atoms with E-state index in [1.807, 2.05) is 0 Å². The second kappa shape index (κ2) is 10.5. The average molecular weight is 360 g/mol. The Hall–Kier alpha value is -2.36. The van der Waals surface area contributed by atoms with Crippen molar-refractivity contribution in [1.82, 2.24) is 16.0 Å². The van der Waals surface area contributed by atoms with Gasteiger partial charge < -0.3 is 31.5 Å².